The van der Waals surface area contributed by atoms with Crippen molar-refractivity contribution in [3.63, 3.8) is 0 Å². The van der Waals surface area contributed by atoms with Crippen LogP contribution in [0, 0.1) is 0 Å². The van der Waals surface area contributed by atoms with Crippen LogP contribution < -0.4 is 37.6 Å². The van der Waals surface area contributed by atoms with E-state index < -0.39 is 24.0 Å². The Balaban J connectivity index is 0. The molecule has 0 radical (unpaired) electrons. The molecule has 0 rings (SSSR count). The highest BCUT2D eigenvalue weighted by atomic mass is 32.1. The summed E-state index contributed by atoms with van der Waals surface area (Å²) in [5, 5.41) is 35.8. The van der Waals surface area contributed by atoms with Crippen LogP contribution in [0.3, 0.4) is 0 Å². The molecule has 0 saturated carbocycles. The summed E-state index contributed by atoms with van der Waals surface area (Å²) in [6.45, 7) is 9.63. The normalized spacial score (nSPS) is 12.8. The van der Waals surface area contributed by atoms with Gasteiger partial charge in [-0.3, -0.25) is 24.0 Å². The quantitative estimate of drug-likeness (QED) is 0.0233. The number of rotatable bonds is 43. The second kappa shape index (κ2) is 43.1. The van der Waals surface area contributed by atoms with Crippen molar-refractivity contribution in [2.45, 2.75) is 211 Å². The van der Waals surface area contributed by atoms with Crippen LogP contribution in [0.2, 0.25) is 0 Å². The Morgan fingerprint density at radius 3 is 1.39 bits per heavy atom. The lowest BCUT2D eigenvalue weighted by atomic mass is 10.0. The number of allylic oxidation sites excluding steroid dienone is 1. The number of hydrogen-bond acceptors (Lipinski definition) is 10. The molecule has 0 aliphatic heterocycles. The van der Waals surface area contributed by atoms with E-state index in [9.17, 15) is 33.9 Å². The minimum Gasteiger partial charge on any atom is -0.481 e. The van der Waals surface area contributed by atoms with E-state index in [1.165, 1.54) is 44.9 Å². The van der Waals surface area contributed by atoms with E-state index in [4.69, 9.17) is 10.8 Å². The monoisotopic (exact) mass is 900 g/mol. The van der Waals surface area contributed by atoms with Crippen LogP contribution in [-0.2, 0) is 28.8 Å². The maximum Gasteiger partial charge on any atom is 0.326 e. The van der Waals surface area contributed by atoms with E-state index in [1.807, 2.05) is 13.8 Å². The first-order chi connectivity index (χ1) is 29.8. The minimum absolute atomic E-state index is 0.0658. The Hall–Kier alpha value is -3.21. The van der Waals surface area contributed by atoms with Gasteiger partial charge in [0.1, 0.15) is 6.04 Å². The van der Waals surface area contributed by atoms with Crippen LogP contribution >= 0.6 is 12.6 Å². The van der Waals surface area contributed by atoms with Crippen molar-refractivity contribution in [1.82, 2.24) is 31.9 Å². The van der Waals surface area contributed by atoms with Gasteiger partial charge in [0.05, 0.1) is 18.1 Å². The molecule has 0 fully saturated rings. The Labute approximate surface area is 380 Å². The molecule has 10 N–H and O–H groups in total. The fourth-order valence-corrected chi connectivity index (χ4v) is 7.18. The molecule has 62 heavy (non-hydrogen) atoms. The molecule has 4 atom stereocenters. The Morgan fingerprint density at radius 2 is 0.935 bits per heavy atom. The predicted octanol–water partition coefficient (Wildman–Crippen LogP) is 6.49. The zero-order valence-corrected chi connectivity index (χ0v) is 40.0. The number of nitrogens with one attached hydrogen (secondary N) is 6. The number of aliphatic carboxylic acids is 2. The number of carboxylic acid groups (broad SMARTS) is 2. The second-order valence-corrected chi connectivity index (χ2v) is 16.5. The molecule has 16 heteroatoms. The number of amides is 3. The van der Waals surface area contributed by atoms with Crippen molar-refractivity contribution >= 4 is 47.4 Å². The first-order valence-electron chi connectivity index (χ1n) is 23.9. The number of unbranched alkanes of at least 4 members (excludes halogenated alkanes) is 16. The van der Waals surface area contributed by atoms with E-state index >= 15 is 0 Å². The highest BCUT2D eigenvalue weighted by Gasteiger charge is 2.20. The Kier molecular flexibility index (Phi) is 42.3. The first-order valence-corrected chi connectivity index (χ1v) is 24.3. The Bertz CT molecular complexity index is 1210. The number of nitrogens with two attached hydrogens (primary N) is 1. The van der Waals surface area contributed by atoms with E-state index in [0.717, 1.165) is 83.5 Å². The lowest BCUT2D eigenvalue weighted by Gasteiger charge is -2.17. The van der Waals surface area contributed by atoms with Crippen molar-refractivity contribution in [2.24, 2.45) is 5.73 Å². The van der Waals surface area contributed by atoms with E-state index in [1.54, 1.807) is 14.1 Å². The molecule has 0 bridgehead atoms. The highest BCUT2D eigenvalue weighted by Crippen LogP contribution is 2.14. The largest absolute Gasteiger partial charge is 0.481 e. The summed E-state index contributed by atoms with van der Waals surface area (Å²) < 4.78 is 0. The summed E-state index contributed by atoms with van der Waals surface area (Å²) in [5.74, 6) is -2.27. The van der Waals surface area contributed by atoms with Crippen molar-refractivity contribution in [2.75, 3.05) is 33.7 Å². The summed E-state index contributed by atoms with van der Waals surface area (Å²) in [7, 11) is 3.48. The number of thiol groups is 1. The van der Waals surface area contributed by atoms with Gasteiger partial charge in [-0.1, -0.05) is 97.5 Å². The topological polar surface area (TPSA) is 241 Å². The van der Waals surface area contributed by atoms with Gasteiger partial charge in [0, 0.05) is 38.2 Å². The summed E-state index contributed by atoms with van der Waals surface area (Å²) in [4.78, 5) is 71.1. The fraction of sp³-hybridized carbons (Fsp3) is 0.826. The zero-order valence-electron chi connectivity index (χ0n) is 39.1. The average molecular weight is 900 g/mol. The van der Waals surface area contributed by atoms with Crippen LogP contribution in [0.5, 0.6) is 0 Å². The van der Waals surface area contributed by atoms with E-state index in [0.29, 0.717) is 57.4 Å². The van der Waals surface area contributed by atoms with Crippen LogP contribution in [0.1, 0.15) is 187 Å². The highest BCUT2D eigenvalue weighted by molar-refractivity contribution is 7.96. The third-order valence-corrected chi connectivity index (χ3v) is 11.1. The van der Waals surface area contributed by atoms with Crippen LogP contribution in [0.15, 0.2) is 12.3 Å². The molecule has 0 heterocycles. The van der Waals surface area contributed by atoms with Crippen molar-refractivity contribution in [3.05, 3.63) is 12.3 Å². The van der Waals surface area contributed by atoms with Crippen LogP contribution in [0.4, 0.5) is 0 Å². The van der Waals surface area contributed by atoms with Gasteiger partial charge in [-0.15, -0.1) is 12.6 Å². The van der Waals surface area contributed by atoms with Crippen molar-refractivity contribution < 1.29 is 39.0 Å². The SMILES string of the molecule is C=C(CCC(NC(=O)CCCCCCCCCCCCCCCCC(=O)O)C(=O)O)NCCCC[C@H](N)C(=O)NCCCCC(NC)C(=O)NCCCCC(NC)C(=O)S.CC. The molecule has 0 aromatic carbocycles. The number of carbonyl (C=O) groups excluding carboxylic acids is 4. The van der Waals surface area contributed by atoms with Crippen molar-refractivity contribution in [3.8, 4) is 0 Å². The molecule has 362 valence electrons. The number of carboxylic acids is 2. The third kappa shape index (κ3) is 37.4. The fourth-order valence-electron chi connectivity index (χ4n) is 6.92. The number of hydrogen-bond donors (Lipinski definition) is 10. The molecule has 0 aromatic rings. The van der Waals surface area contributed by atoms with Gasteiger partial charge < -0.3 is 47.8 Å². The zero-order chi connectivity index (χ0) is 46.8. The van der Waals surface area contributed by atoms with Gasteiger partial charge in [0.2, 0.25) is 22.8 Å². The first kappa shape index (κ1) is 60.9. The predicted molar refractivity (Wildman–Crippen MR) is 254 cm³/mol. The summed E-state index contributed by atoms with van der Waals surface area (Å²) in [5.41, 5.74) is 6.80. The Morgan fingerprint density at radius 1 is 0.516 bits per heavy atom. The standard InChI is InChI=1S/C44H83N7O8S.C2H6/c1-34(29-30-37(43(57)58)51-39(52)27-16-14-12-10-8-6-4-5-7-9-11-13-15-17-28-40(53)54)48-31-21-18-24-35(45)41(55)49-32-22-19-25-36(46-2)42(56)50-33-23-20-26-38(47-3)44(59)60;1-2/h35-38,46-48H,1,4-33,45H2,2-3H3,(H,49,55)(H,50,56)(H,51,52)(H,53,54)(H,57,58)(H,59,60);1-2H3/t35-,36?,37?,38?;/m0./s1. The molecule has 0 saturated heterocycles. The molecule has 0 aliphatic carbocycles. The van der Waals surface area contributed by atoms with Gasteiger partial charge in [-0.2, -0.15) is 0 Å². The van der Waals surface area contributed by atoms with Gasteiger partial charge in [0.15, 0.2) is 0 Å². The van der Waals surface area contributed by atoms with Gasteiger partial charge >= 0.3 is 11.9 Å². The summed E-state index contributed by atoms with van der Waals surface area (Å²) >= 11 is 3.87. The number of likely N-dealkylation sites (N-methyl/N-ethyl adjacent to an activating group) is 2. The molecule has 3 unspecified atom stereocenters. The third-order valence-electron chi connectivity index (χ3n) is 10.8. The maximum atomic E-state index is 12.5. The van der Waals surface area contributed by atoms with E-state index in [2.05, 4.69) is 51.1 Å². The van der Waals surface area contributed by atoms with Crippen LogP contribution in [-0.4, -0.2) is 103 Å². The molecule has 3 amide bonds. The molecule has 0 spiro atoms. The van der Waals surface area contributed by atoms with Gasteiger partial charge in [0.25, 0.3) is 0 Å². The van der Waals surface area contributed by atoms with E-state index in [-0.39, 0.29) is 47.8 Å². The lowest BCUT2D eigenvalue weighted by molar-refractivity contribution is -0.142. The number of carbonyl (C=O) groups is 6. The van der Waals surface area contributed by atoms with Crippen LogP contribution in [0.25, 0.3) is 0 Å². The molecular formula is C46H89N7O8S. The summed E-state index contributed by atoms with van der Waals surface area (Å²) in [6, 6.07) is -2.19. The second-order valence-electron chi connectivity index (χ2n) is 16.1. The average Bonchev–Trinajstić information content (AvgIpc) is 3.24. The van der Waals surface area contributed by atoms with Crippen molar-refractivity contribution in [1.29, 1.82) is 0 Å². The molecule has 0 aromatic heterocycles. The maximum absolute atomic E-state index is 12.5. The molecular weight excluding hydrogens is 811 g/mol. The molecule has 15 nitrogen and oxygen atoms in total. The van der Waals surface area contributed by atoms with Gasteiger partial charge in [-0.25, -0.2) is 4.79 Å². The lowest BCUT2D eigenvalue weighted by Crippen LogP contribution is -2.43. The minimum atomic E-state index is -1.06. The summed E-state index contributed by atoms with van der Waals surface area (Å²) in [6.07, 6.45) is 23.0. The smallest absolute Gasteiger partial charge is 0.326 e. The molecule has 0 aliphatic rings. The van der Waals surface area contributed by atoms with Gasteiger partial charge in [-0.05, 0) is 97.6 Å².